The van der Waals surface area contributed by atoms with E-state index in [4.69, 9.17) is 61.6 Å². The first kappa shape index (κ1) is 59.3. The van der Waals surface area contributed by atoms with Crippen LogP contribution >= 0.6 is 0 Å². The molecule has 0 aliphatic heterocycles. The molecule has 0 aromatic rings. The number of rotatable bonds is 42. The number of methoxy groups -OCH3 is 1. The Morgan fingerprint density at radius 3 is 1.50 bits per heavy atom. The summed E-state index contributed by atoms with van der Waals surface area (Å²) in [6.07, 6.45) is 15.5. The van der Waals surface area contributed by atoms with Gasteiger partial charge in [-0.05, 0) is 106 Å². The predicted molar refractivity (Wildman–Crippen MR) is 260 cm³/mol. The van der Waals surface area contributed by atoms with Gasteiger partial charge in [0.05, 0.1) is 164 Å². The summed E-state index contributed by atoms with van der Waals surface area (Å²) in [5.41, 5.74) is 1.64. The first-order chi connectivity index (χ1) is 33.0. The minimum Gasteiger partial charge on any atom is -0.462 e. The van der Waals surface area contributed by atoms with E-state index in [1.807, 2.05) is 13.8 Å². The van der Waals surface area contributed by atoms with Gasteiger partial charge in [-0.3, -0.25) is 4.79 Å². The number of carbonyl (C=O) groups excluding carboxylic acids is 1. The van der Waals surface area contributed by atoms with Gasteiger partial charge in [0.15, 0.2) is 0 Å². The van der Waals surface area contributed by atoms with Crippen LogP contribution < -0.4 is 0 Å². The highest BCUT2D eigenvalue weighted by atomic mass is 16.6. The lowest BCUT2D eigenvalue weighted by atomic mass is 9.47. The second-order valence-corrected chi connectivity index (χ2v) is 20.5. The van der Waals surface area contributed by atoms with Crippen LogP contribution in [0.2, 0.25) is 0 Å². The average Bonchev–Trinajstić information content (AvgIpc) is 3.67. The lowest BCUT2D eigenvalue weighted by Gasteiger charge is -2.58. The third kappa shape index (κ3) is 22.2. The third-order valence-corrected chi connectivity index (χ3v) is 15.2. The van der Waals surface area contributed by atoms with Crippen LogP contribution in [0.4, 0.5) is 0 Å². The minimum atomic E-state index is -0.565. The predicted octanol–water partition coefficient (Wildman–Crippen LogP) is 7.27. The molecule has 0 heterocycles. The van der Waals surface area contributed by atoms with Crippen molar-refractivity contribution in [2.75, 3.05) is 159 Å². The van der Waals surface area contributed by atoms with Gasteiger partial charge in [-0.25, -0.2) is 0 Å². The Labute approximate surface area is 410 Å². The van der Waals surface area contributed by atoms with E-state index in [2.05, 4.69) is 26.8 Å². The molecule has 4 aliphatic rings. The molecule has 68 heavy (non-hydrogen) atoms. The summed E-state index contributed by atoms with van der Waals surface area (Å²) in [5.74, 6) is 3.66. The smallest absolute Gasteiger partial charge is 0.308 e. The van der Waals surface area contributed by atoms with Crippen LogP contribution in [0.1, 0.15) is 112 Å². The summed E-state index contributed by atoms with van der Waals surface area (Å²) in [7, 11) is 1.65. The van der Waals surface area contributed by atoms with Gasteiger partial charge in [-0.2, -0.15) is 0 Å². The van der Waals surface area contributed by atoms with Gasteiger partial charge in [0.1, 0.15) is 6.10 Å². The maximum atomic E-state index is 12.8. The number of esters is 1. The molecular weight excluding hydrogens is 877 g/mol. The van der Waals surface area contributed by atoms with E-state index in [0.717, 1.165) is 55.8 Å². The van der Waals surface area contributed by atoms with Gasteiger partial charge >= 0.3 is 5.97 Å². The molecule has 1 N–H and O–H groups in total. The maximum Gasteiger partial charge on any atom is 0.308 e. The summed E-state index contributed by atoms with van der Waals surface area (Å²) in [5, 5.41) is 10.2. The zero-order valence-corrected chi connectivity index (χ0v) is 43.5. The van der Waals surface area contributed by atoms with Crippen molar-refractivity contribution in [3.63, 3.8) is 0 Å². The van der Waals surface area contributed by atoms with Gasteiger partial charge in [0.2, 0.25) is 0 Å². The van der Waals surface area contributed by atoms with E-state index < -0.39 is 5.60 Å². The van der Waals surface area contributed by atoms with Crippen molar-refractivity contribution in [3.8, 4) is 0 Å². The zero-order chi connectivity index (χ0) is 48.8. The monoisotopic (exact) mass is 973 g/mol. The summed E-state index contributed by atoms with van der Waals surface area (Å²) < 4.78 is 71.6. The summed E-state index contributed by atoms with van der Waals surface area (Å²) in [6.45, 7) is 23.0. The molecule has 3 saturated carbocycles. The molecule has 0 unspecified atom stereocenters. The Balaban J connectivity index is 0.870. The molecule has 4 aliphatic carbocycles. The zero-order valence-electron chi connectivity index (χ0n) is 43.5. The first-order valence-electron chi connectivity index (χ1n) is 26.4. The number of hydrogen-bond acceptors (Lipinski definition) is 15. The van der Waals surface area contributed by atoms with Gasteiger partial charge in [0, 0.05) is 13.5 Å². The van der Waals surface area contributed by atoms with Crippen molar-refractivity contribution in [3.05, 3.63) is 11.6 Å². The average molecular weight is 973 g/mol. The van der Waals surface area contributed by atoms with Crippen molar-refractivity contribution in [2.24, 2.45) is 40.4 Å². The molecule has 0 radical (unpaired) electrons. The summed E-state index contributed by atoms with van der Waals surface area (Å²) in [6, 6.07) is 0. The van der Waals surface area contributed by atoms with E-state index in [1.54, 1.807) is 12.7 Å². The lowest BCUT2D eigenvalue weighted by Crippen LogP contribution is -2.51. The largest absolute Gasteiger partial charge is 0.462 e. The number of aliphatic hydroxyl groups is 1. The van der Waals surface area contributed by atoms with Gasteiger partial charge < -0.3 is 66.7 Å². The van der Waals surface area contributed by atoms with Crippen LogP contribution in [0.25, 0.3) is 0 Å². The van der Waals surface area contributed by atoms with Crippen LogP contribution in [0, 0.1) is 40.4 Å². The van der Waals surface area contributed by atoms with Crippen LogP contribution in [0.3, 0.4) is 0 Å². The molecule has 0 saturated heterocycles. The maximum absolute atomic E-state index is 12.8. The van der Waals surface area contributed by atoms with E-state index in [9.17, 15) is 9.90 Å². The van der Waals surface area contributed by atoms with Gasteiger partial charge in [0.25, 0.3) is 0 Å². The molecule has 398 valence electrons. The number of hydrogen-bond donors (Lipinski definition) is 1. The van der Waals surface area contributed by atoms with Crippen LogP contribution in [0.5, 0.6) is 0 Å². The van der Waals surface area contributed by atoms with Crippen LogP contribution in [-0.4, -0.2) is 182 Å². The molecule has 15 nitrogen and oxygen atoms in total. The third-order valence-electron chi connectivity index (χ3n) is 15.2. The van der Waals surface area contributed by atoms with Crippen molar-refractivity contribution < 1.29 is 71.5 Å². The fourth-order valence-corrected chi connectivity index (χ4v) is 11.6. The molecule has 0 amide bonds. The summed E-state index contributed by atoms with van der Waals surface area (Å²) in [4.78, 5) is 12.8. The molecule has 4 rings (SSSR count). The molecule has 8 atom stereocenters. The number of allylic oxidation sites excluding steroid dienone is 1. The molecule has 15 heteroatoms. The molecule has 3 fully saturated rings. The molecule has 0 spiro atoms. The van der Waals surface area contributed by atoms with Crippen molar-refractivity contribution in [1.82, 2.24) is 0 Å². The Hall–Kier alpha value is -1.31. The summed E-state index contributed by atoms with van der Waals surface area (Å²) >= 11 is 0. The Morgan fingerprint density at radius 2 is 1.06 bits per heavy atom. The minimum absolute atomic E-state index is 0.0335. The number of fused-ring (bicyclic) bond motifs is 5. The van der Waals surface area contributed by atoms with Gasteiger partial charge in [-0.15, -0.1) is 0 Å². The van der Waals surface area contributed by atoms with Crippen LogP contribution in [-0.2, 0) is 66.4 Å². The highest BCUT2D eigenvalue weighted by molar-refractivity contribution is 5.69. The SMILES string of the molecule is COCCOCCOCCOCCOCCOCCOCCOCCOCCOCCOCCOCCC(=O)O[C@H]1CC[C@@]2(C)C(=CC[C@H]3[C@@H]4CC[C@H]([C@H](C)CCCC(C)(C)O)[C@@]4(C)CC[C@@H]32)C1. The molecule has 0 aromatic heterocycles. The normalized spacial score (nSPS) is 26.3. The van der Waals surface area contributed by atoms with Crippen molar-refractivity contribution >= 4 is 5.97 Å². The molecular formula is C53H96O15. The van der Waals surface area contributed by atoms with E-state index >= 15 is 0 Å². The number of carbonyl (C=O) groups is 1. The molecule has 0 bridgehead atoms. The second-order valence-electron chi connectivity index (χ2n) is 20.5. The highest BCUT2D eigenvalue weighted by Crippen LogP contribution is 2.67. The van der Waals surface area contributed by atoms with Crippen molar-refractivity contribution in [1.29, 1.82) is 0 Å². The quantitative estimate of drug-likeness (QED) is 0.0370. The Kier molecular flexibility index (Phi) is 29.8. The first-order valence-corrected chi connectivity index (χ1v) is 26.4. The topological polar surface area (TPSA) is 157 Å². The van der Waals surface area contributed by atoms with Crippen molar-refractivity contribution in [2.45, 2.75) is 123 Å². The van der Waals surface area contributed by atoms with E-state index in [0.29, 0.717) is 163 Å². The molecule has 0 aromatic carbocycles. The fourth-order valence-electron chi connectivity index (χ4n) is 11.6. The Morgan fingerprint density at radius 1 is 0.618 bits per heavy atom. The van der Waals surface area contributed by atoms with Gasteiger partial charge in [-0.1, -0.05) is 45.3 Å². The fraction of sp³-hybridized carbons (Fsp3) is 0.943. The Bertz CT molecular complexity index is 1330. The lowest BCUT2D eigenvalue weighted by molar-refractivity contribution is -0.152. The highest BCUT2D eigenvalue weighted by Gasteiger charge is 2.59. The number of ether oxygens (including phenoxy) is 13. The van der Waals surface area contributed by atoms with E-state index in [-0.39, 0.29) is 23.9 Å². The standard InChI is InChI=1S/C53H96O15/c1-43(8-7-16-51(2,3)55)47-11-12-48-46-10-9-44-42-45(13-17-52(44,4)49(46)14-18-53(47,48)5)68-50(54)15-19-57-22-23-59-26-27-61-30-31-63-34-35-65-38-39-67-41-40-66-37-36-64-33-32-62-29-28-60-25-24-58-21-20-56-6/h9,43,45-49,55H,7-8,10-42H2,1-6H3/t43-,45+,46+,47-,48+,49+,52+,53-/m1/s1. The second kappa shape index (κ2) is 34.2. The van der Waals surface area contributed by atoms with Crippen LogP contribution in [0.15, 0.2) is 11.6 Å². The van der Waals surface area contributed by atoms with E-state index in [1.165, 1.54) is 38.5 Å².